The maximum Gasteiger partial charge on any atom is 0.223 e. The Hall–Kier alpha value is -1.39. The van der Waals surface area contributed by atoms with Gasteiger partial charge in [0.05, 0.1) is 25.9 Å². The number of benzene rings is 1. The zero-order valence-corrected chi connectivity index (χ0v) is 13.0. The van der Waals surface area contributed by atoms with Gasteiger partial charge in [0.2, 0.25) is 5.91 Å². The van der Waals surface area contributed by atoms with Gasteiger partial charge >= 0.3 is 0 Å². The molecule has 1 aliphatic heterocycles. The van der Waals surface area contributed by atoms with E-state index in [-0.39, 0.29) is 11.9 Å². The van der Waals surface area contributed by atoms with Gasteiger partial charge in [0.1, 0.15) is 0 Å². The minimum Gasteiger partial charge on any atom is -0.382 e. The number of carbonyl (C=O) groups is 1. The number of rotatable bonds is 6. The van der Waals surface area contributed by atoms with Gasteiger partial charge in [0, 0.05) is 20.1 Å². The predicted molar refractivity (Wildman–Crippen MR) is 82.3 cm³/mol. The molecule has 0 aliphatic carbocycles. The number of methoxy groups -OCH3 is 1. The Kier molecular flexibility index (Phi) is 6.21. The molecule has 0 bridgehead atoms. The summed E-state index contributed by atoms with van der Waals surface area (Å²) in [4.78, 5) is 14.3. The van der Waals surface area contributed by atoms with Crippen molar-refractivity contribution < 1.29 is 14.3 Å². The van der Waals surface area contributed by atoms with Gasteiger partial charge in [-0.1, -0.05) is 31.2 Å². The standard InChI is InChI=1S/C17H25NO3/c1-3-14-4-6-15(7-5-14)8-9-17(19)18-10-11-21-13-16(18)12-20-2/h4-7,16H,3,8-13H2,1-2H3. The van der Waals surface area contributed by atoms with Crippen molar-refractivity contribution in [3.8, 4) is 0 Å². The van der Waals surface area contributed by atoms with Crippen molar-refractivity contribution in [3.05, 3.63) is 35.4 Å². The lowest BCUT2D eigenvalue weighted by molar-refractivity contribution is -0.142. The number of hydrogen-bond donors (Lipinski definition) is 0. The quantitative estimate of drug-likeness (QED) is 0.805. The summed E-state index contributed by atoms with van der Waals surface area (Å²) in [5, 5.41) is 0. The molecule has 2 rings (SSSR count). The molecular formula is C17H25NO3. The van der Waals surface area contributed by atoms with Gasteiger partial charge in [0.15, 0.2) is 0 Å². The first kappa shape index (κ1) is 16.0. The van der Waals surface area contributed by atoms with Crippen molar-refractivity contribution in [2.24, 2.45) is 0 Å². The van der Waals surface area contributed by atoms with Crippen LogP contribution in [0.15, 0.2) is 24.3 Å². The second-order valence-electron chi connectivity index (χ2n) is 5.44. The molecule has 1 amide bonds. The van der Waals surface area contributed by atoms with E-state index < -0.39 is 0 Å². The van der Waals surface area contributed by atoms with Crippen LogP contribution in [0.3, 0.4) is 0 Å². The molecule has 1 unspecified atom stereocenters. The molecular weight excluding hydrogens is 266 g/mol. The number of amides is 1. The first-order valence-corrected chi connectivity index (χ1v) is 7.68. The number of nitrogens with zero attached hydrogens (tertiary/aromatic N) is 1. The van der Waals surface area contributed by atoms with Crippen molar-refractivity contribution in [2.75, 3.05) is 33.5 Å². The average molecular weight is 291 g/mol. The molecule has 0 saturated carbocycles. The molecule has 0 aromatic heterocycles. The van der Waals surface area contributed by atoms with Gasteiger partial charge < -0.3 is 14.4 Å². The van der Waals surface area contributed by atoms with Crippen LogP contribution in [-0.4, -0.2) is 50.3 Å². The molecule has 1 aliphatic rings. The number of aryl methyl sites for hydroxylation is 2. The third kappa shape index (κ3) is 4.55. The molecule has 1 fully saturated rings. The number of hydrogen-bond acceptors (Lipinski definition) is 3. The number of morpholine rings is 1. The van der Waals surface area contributed by atoms with Gasteiger partial charge in [0.25, 0.3) is 0 Å². The first-order chi connectivity index (χ1) is 10.2. The van der Waals surface area contributed by atoms with E-state index in [1.54, 1.807) is 7.11 Å². The van der Waals surface area contributed by atoms with Gasteiger partial charge in [-0.05, 0) is 24.0 Å². The summed E-state index contributed by atoms with van der Waals surface area (Å²) >= 11 is 0. The minimum atomic E-state index is 0.0544. The minimum absolute atomic E-state index is 0.0544. The molecule has 4 nitrogen and oxygen atoms in total. The zero-order chi connectivity index (χ0) is 15.1. The molecule has 0 spiro atoms. The zero-order valence-electron chi connectivity index (χ0n) is 13.0. The van der Waals surface area contributed by atoms with Crippen LogP contribution in [0.5, 0.6) is 0 Å². The highest BCUT2D eigenvalue weighted by Crippen LogP contribution is 2.12. The molecule has 21 heavy (non-hydrogen) atoms. The third-order valence-corrected chi connectivity index (χ3v) is 3.97. The van der Waals surface area contributed by atoms with Crippen LogP contribution in [0.1, 0.15) is 24.5 Å². The SMILES string of the molecule is CCc1ccc(CCC(=O)N2CCOCC2COC)cc1. The van der Waals surface area contributed by atoms with Crippen molar-refractivity contribution in [1.29, 1.82) is 0 Å². The van der Waals surface area contributed by atoms with Crippen molar-refractivity contribution >= 4 is 5.91 Å². The molecule has 0 N–H and O–H groups in total. The molecule has 0 radical (unpaired) electrons. The van der Waals surface area contributed by atoms with Gasteiger partial charge in [-0.2, -0.15) is 0 Å². The summed E-state index contributed by atoms with van der Waals surface area (Å²) in [7, 11) is 1.66. The van der Waals surface area contributed by atoms with Gasteiger partial charge in [-0.3, -0.25) is 4.79 Å². The second kappa shape index (κ2) is 8.15. The molecule has 116 valence electrons. The topological polar surface area (TPSA) is 38.8 Å². The van der Waals surface area contributed by atoms with Crippen LogP contribution in [0, 0.1) is 0 Å². The van der Waals surface area contributed by atoms with Crippen LogP contribution in [0.25, 0.3) is 0 Å². The van der Waals surface area contributed by atoms with Gasteiger partial charge in [-0.15, -0.1) is 0 Å². The van der Waals surface area contributed by atoms with E-state index in [2.05, 4.69) is 31.2 Å². The fourth-order valence-electron chi connectivity index (χ4n) is 2.65. The maximum atomic E-state index is 12.4. The lowest BCUT2D eigenvalue weighted by Gasteiger charge is -2.35. The van der Waals surface area contributed by atoms with Crippen LogP contribution in [0.2, 0.25) is 0 Å². The second-order valence-corrected chi connectivity index (χ2v) is 5.44. The monoisotopic (exact) mass is 291 g/mol. The molecule has 1 aromatic carbocycles. The Morgan fingerprint density at radius 3 is 2.71 bits per heavy atom. The number of carbonyl (C=O) groups excluding carboxylic acids is 1. The summed E-state index contributed by atoms with van der Waals surface area (Å²) < 4.78 is 10.6. The normalized spacial score (nSPS) is 18.8. The van der Waals surface area contributed by atoms with Crippen molar-refractivity contribution in [2.45, 2.75) is 32.2 Å². The maximum absolute atomic E-state index is 12.4. The lowest BCUT2D eigenvalue weighted by Crippen LogP contribution is -2.50. The van der Waals surface area contributed by atoms with E-state index in [0.29, 0.717) is 32.8 Å². The largest absolute Gasteiger partial charge is 0.382 e. The molecule has 1 heterocycles. The third-order valence-electron chi connectivity index (χ3n) is 3.97. The van der Waals surface area contributed by atoms with E-state index >= 15 is 0 Å². The van der Waals surface area contributed by atoms with Crippen LogP contribution < -0.4 is 0 Å². The first-order valence-electron chi connectivity index (χ1n) is 7.68. The molecule has 4 heteroatoms. The van der Waals surface area contributed by atoms with E-state index in [4.69, 9.17) is 9.47 Å². The summed E-state index contributed by atoms with van der Waals surface area (Å²) in [6.45, 7) is 4.55. The van der Waals surface area contributed by atoms with E-state index in [1.165, 1.54) is 11.1 Å². The molecule has 1 saturated heterocycles. The average Bonchev–Trinajstić information content (AvgIpc) is 2.54. The Bertz CT molecular complexity index is 442. The van der Waals surface area contributed by atoms with Gasteiger partial charge in [-0.25, -0.2) is 0 Å². The summed E-state index contributed by atoms with van der Waals surface area (Å²) in [6, 6.07) is 8.58. The number of ether oxygens (including phenoxy) is 2. The smallest absolute Gasteiger partial charge is 0.223 e. The van der Waals surface area contributed by atoms with E-state index in [1.807, 2.05) is 4.90 Å². The van der Waals surface area contributed by atoms with Crippen LogP contribution in [-0.2, 0) is 27.1 Å². The van der Waals surface area contributed by atoms with E-state index in [9.17, 15) is 4.79 Å². The fraction of sp³-hybridized carbons (Fsp3) is 0.588. The Morgan fingerprint density at radius 2 is 2.05 bits per heavy atom. The summed E-state index contributed by atoms with van der Waals surface area (Å²) in [5.41, 5.74) is 2.55. The highest BCUT2D eigenvalue weighted by atomic mass is 16.5. The summed E-state index contributed by atoms with van der Waals surface area (Å²) in [5.74, 6) is 0.194. The Labute approximate surface area is 127 Å². The van der Waals surface area contributed by atoms with Crippen LogP contribution in [0.4, 0.5) is 0 Å². The van der Waals surface area contributed by atoms with E-state index in [0.717, 1.165) is 12.8 Å². The Balaban J connectivity index is 1.87. The lowest BCUT2D eigenvalue weighted by atomic mass is 10.1. The summed E-state index contributed by atoms with van der Waals surface area (Å²) in [6.07, 6.45) is 2.39. The highest BCUT2D eigenvalue weighted by molar-refractivity contribution is 5.77. The van der Waals surface area contributed by atoms with Crippen molar-refractivity contribution in [1.82, 2.24) is 4.90 Å². The Morgan fingerprint density at radius 1 is 1.33 bits per heavy atom. The highest BCUT2D eigenvalue weighted by Gasteiger charge is 2.26. The fourth-order valence-corrected chi connectivity index (χ4v) is 2.65. The van der Waals surface area contributed by atoms with Crippen molar-refractivity contribution in [3.63, 3.8) is 0 Å². The molecule has 1 aromatic rings. The predicted octanol–water partition coefficient (Wildman–Crippen LogP) is 2.06. The van der Waals surface area contributed by atoms with Crippen LogP contribution >= 0.6 is 0 Å². The molecule has 1 atom stereocenters.